The van der Waals surface area contributed by atoms with Crippen molar-refractivity contribution < 1.29 is 21.1 Å². The summed E-state index contributed by atoms with van der Waals surface area (Å²) in [5.74, 6) is 0. The maximum atomic E-state index is 5.09. The second-order valence-electron chi connectivity index (χ2n) is 13.4. The van der Waals surface area contributed by atoms with E-state index in [4.69, 9.17) is 9.97 Å². The van der Waals surface area contributed by atoms with Crippen molar-refractivity contribution in [3.05, 3.63) is 206 Å². The molecule has 0 aliphatic heterocycles. The molecular weight excluding hydrogens is 853 g/mol. The van der Waals surface area contributed by atoms with Gasteiger partial charge in [0.2, 0.25) is 0 Å². The van der Waals surface area contributed by atoms with E-state index < -0.39 is 8.07 Å². The number of imidazole rings is 1. The molecule has 8 aromatic rings. The van der Waals surface area contributed by atoms with Crippen LogP contribution >= 0.6 is 0 Å². The van der Waals surface area contributed by atoms with E-state index in [9.17, 15) is 0 Å². The molecule has 0 aliphatic rings. The SMILES string of the molecule is CCc1cccc(CC)c1-n1cnc(-c2[c-]c(B(c3[c-]c([Si](c4ccccc4)(c4ccccc4)c4ccccn4)ccc3)c3ccccc3)ccc2)c1.[Pt+2]. The van der Waals surface area contributed by atoms with Gasteiger partial charge in [0.1, 0.15) is 0 Å². The Morgan fingerprint density at radius 1 is 0.574 bits per heavy atom. The normalized spacial score (nSPS) is 11.1. The van der Waals surface area contributed by atoms with Crippen LogP contribution in [0.4, 0.5) is 0 Å². The van der Waals surface area contributed by atoms with E-state index in [1.807, 2.05) is 18.6 Å². The van der Waals surface area contributed by atoms with Gasteiger partial charge >= 0.3 is 21.1 Å². The molecule has 0 radical (unpaired) electrons. The van der Waals surface area contributed by atoms with Crippen LogP contribution in [0.2, 0.25) is 0 Å². The number of hydrogen-bond donors (Lipinski definition) is 0. The fourth-order valence-corrected chi connectivity index (χ4v) is 12.4. The second kappa shape index (κ2) is 16.8. The minimum Gasteiger partial charge on any atom is -0.315 e. The van der Waals surface area contributed by atoms with E-state index in [1.165, 1.54) is 37.8 Å². The molecule has 2 aromatic heterocycles. The van der Waals surface area contributed by atoms with Crippen molar-refractivity contribution in [2.75, 3.05) is 0 Å². The summed E-state index contributed by atoms with van der Waals surface area (Å²) in [6, 6.07) is 66.5. The van der Waals surface area contributed by atoms with Gasteiger partial charge in [-0.05, 0) is 52.7 Å². The zero-order valence-corrected chi connectivity index (χ0v) is 33.7. The van der Waals surface area contributed by atoms with E-state index >= 15 is 0 Å². The maximum Gasteiger partial charge on any atom is 2.00 e. The van der Waals surface area contributed by atoms with Crippen LogP contribution in [-0.4, -0.2) is 29.3 Å². The minimum absolute atomic E-state index is 0. The summed E-state index contributed by atoms with van der Waals surface area (Å²) in [7, 11) is -2.88. The Morgan fingerprint density at radius 2 is 1.15 bits per heavy atom. The fourth-order valence-electron chi connectivity index (χ4n) is 7.85. The van der Waals surface area contributed by atoms with Crippen LogP contribution in [-0.2, 0) is 33.9 Å². The number of rotatable bonds is 11. The first-order valence-corrected chi connectivity index (χ1v) is 20.5. The van der Waals surface area contributed by atoms with Gasteiger partial charge in [-0.3, -0.25) is 9.97 Å². The van der Waals surface area contributed by atoms with Crippen molar-refractivity contribution in [1.29, 1.82) is 0 Å². The number of pyridine rings is 1. The van der Waals surface area contributed by atoms with Gasteiger partial charge in [0.25, 0.3) is 0 Å². The van der Waals surface area contributed by atoms with E-state index in [2.05, 4.69) is 194 Å². The van der Waals surface area contributed by atoms with Gasteiger partial charge in [-0.15, -0.1) is 29.8 Å². The van der Waals surface area contributed by atoms with Crippen molar-refractivity contribution in [3.63, 3.8) is 0 Å². The minimum atomic E-state index is -2.88. The standard InChI is InChI=1S/C48H40BN3Si.Pt/c1-3-37-19-16-20-38(4-2)48(37)52-35-46(51-36-52)39-21-17-24-41(33-39)49(40-22-8-5-9-23-40)42-25-18-30-45(34-42)53(43-26-10-6-11-27-43,44-28-12-7-13-29-44)47-31-14-15-32-50-47;/h5-32,35-36H,3-4H2,1-2H3;/q-2;+2. The van der Waals surface area contributed by atoms with Crippen molar-refractivity contribution in [1.82, 2.24) is 14.5 Å². The molecule has 2 heterocycles. The molecule has 0 fully saturated rings. The Balaban J connectivity index is 0.00000450. The van der Waals surface area contributed by atoms with E-state index in [1.54, 1.807) is 0 Å². The molecule has 6 aromatic carbocycles. The third-order valence-electron chi connectivity index (χ3n) is 10.3. The van der Waals surface area contributed by atoms with Crippen LogP contribution in [0.15, 0.2) is 183 Å². The van der Waals surface area contributed by atoms with Crippen molar-refractivity contribution in [2.24, 2.45) is 0 Å². The van der Waals surface area contributed by atoms with Crippen LogP contribution in [0, 0.1) is 12.1 Å². The first-order chi connectivity index (χ1) is 26.2. The van der Waals surface area contributed by atoms with Crippen molar-refractivity contribution in [3.8, 4) is 16.9 Å². The first kappa shape index (κ1) is 37.0. The summed E-state index contributed by atoms with van der Waals surface area (Å²) in [4.78, 5) is 10.0. The van der Waals surface area contributed by atoms with E-state index in [0.717, 1.165) is 40.3 Å². The molecule has 0 unspecified atom stereocenters. The Bertz CT molecular complexity index is 2320. The largest absolute Gasteiger partial charge is 2.00 e. The molecule has 0 saturated heterocycles. The summed E-state index contributed by atoms with van der Waals surface area (Å²) in [5.41, 5.74) is 9.10. The third-order valence-corrected chi connectivity index (χ3v) is 14.9. The molecule has 54 heavy (non-hydrogen) atoms. The molecule has 3 nitrogen and oxygen atoms in total. The van der Waals surface area contributed by atoms with Crippen LogP contribution in [0.1, 0.15) is 25.0 Å². The number of hydrogen-bond acceptors (Lipinski definition) is 2. The van der Waals surface area contributed by atoms with Crippen LogP contribution in [0.5, 0.6) is 0 Å². The Labute approximate surface area is 335 Å². The quantitative estimate of drug-likeness (QED) is 0.0971. The number of para-hydroxylation sites is 1. The average Bonchev–Trinajstić information content (AvgIpc) is 3.73. The molecule has 0 spiro atoms. The third kappa shape index (κ3) is 7.02. The average molecular weight is 893 g/mol. The predicted molar refractivity (Wildman–Crippen MR) is 224 cm³/mol. The van der Waals surface area contributed by atoms with Gasteiger partial charge in [0, 0.05) is 17.2 Å². The number of aromatic nitrogens is 3. The smallest absolute Gasteiger partial charge is 0.315 e. The zero-order valence-electron chi connectivity index (χ0n) is 30.5. The monoisotopic (exact) mass is 892 g/mol. The van der Waals surface area contributed by atoms with Gasteiger partial charge in [-0.2, -0.15) is 40.4 Å². The summed E-state index contributed by atoms with van der Waals surface area (Å²) in [5, 5.41) is 4.80. The van der Waals surface area contributed by atoms with Crippen LogP contribution in [0.25, 0.3) is 16.9 Å². The van der Waals surface area contributed by atoms with Crippen molar-refractivity contribution in [2.45, 2.75) is 26.7 Å². The first-order valence-electron chi connectivity index (χ1n) is 18.5. The summed E-state index contributed by atoms with van der Waals surface area (Å²) < 4.78 is 2.19. The van der Waals surface area contributed by atoms with Crippen LogP contribution in [0.3, 0.4) is 0 Å². The Hall–Kier alpha value is -5.35. The molecule has 8 rings (SSSR count). The number of aryl methyl sites for hydroxylation is 2. The fraction of sp³-hybridized carbons (Fsp3) is 0.0833. The Kier molecular flexibility index (Phi) is 11.5. The molecule has 0 atom stereocenters. The molecule has 0 N–H and O–H groups in total. The summed E-state index contributed by atoms with van der Waals surface area (Å²) in [6.07, 6.45) is 7.95. The van der Waals surface area contributed by atoms with Gasteiger partial charge in [-0.25, -0.2) is 0 Å². The van der Waals surface area contributed by atoms with Gasteiger partial charge < -0.3 is 4.57 Å². The van der Waals surface area contributed by atoms with Gasteiger partial charge in [0.05, 0.1) is 12.0 Å². The van der Waals surface area contributed by atoms with Crippen molar-refractivity contribution >= 4 is 52.1 Å². The molecule has 6 heteroatoms. The van der Waals surface area contributed by atoms with Gasteiger partial charge in [-0.1, -0.05) is 135 Å². The molecule has 264 valence electrons. The Morgan fingerprint density at radius 3 is 1.76 bits per heavy atom. The summed E-state index contributed by atoms with van der Waals surface area (Å²) >= 11 is 0. The van der Waals surface area contributed by atoms with Gasteiger partial charge in [0.15, 0.2) is 14.8 Å². The van der Waals surface area contributed by atoms with E-state index in [0.29, 0.717) is 0 Å². The zero-order chi connectivity index (χ0) is 36.0. The molecule has 0 aliphatic carbocycles. The molecule has 0 saturated carbocycles. The maximum absolute atomic E-state index is 5.09. The van der Waals surface area contributed by atoms with Crippen LogP contribution < -0.4 is 37.3 Å². The second-order valence-corrected chi connectivity index (χ2v) is 17.1. The molecular formula is C48H40BN3PtSi. The van der Waals surface area contributed by atoms with E-state index in [-0.39, 0.29) is 27.8 Å². The topological polar surface area (TPSA) is 30.7 Å². The number of benzene rings is 6. The number of nitrogens with zero attached hydrogens (tertiary/aromatic N) is 3. The predicted octanol–water partition coefficient (Wildman–Crippen LogP) is 5.55. The molecule has 0 bridgehead atoms. The molecule has 0 amide bonds. The summed E-state index contributed by atoms with van der Waals surface area (Å²) in [6.45, 7) is 4.32.